The molecule has 0 aromatic heterocycles. The number of hydrogen-bond donors (Lipinski definition) is 0. The minimum Gasteiger partial charge on any atom is -0.0764 e. The lowest BCUT2D eigenvalue weighted by atomic mass is 9.86. The quantitative estimate of drug-likeness (QED) is 0.697. The maximum absolute atomic E-state index is 2.47. The van der Waals surface area contributed by atoms with Crippen LogP contribution < -0.4 is 0 Å². The zero-order valence-corrected chi connectivity index (χ0v) is 14.5. The van der Waals surface area contributed by atoms with E-state index in [4.69, 9.17) is 0 Å². The summed E-state index contributed by atoms with van der Waals surface area (Å²) < 4.78 is 0. The third kappa shape index (κ3) is 2.21. The molecule has 4 rings (SSSR count). The summed E-state index contributed by atoms with van der Waals surface area (Å²) in [7, 11) is -0.105. The van der Waals surface area contributed by atoms with Crippen LogP contribution in [0.2, 0.25) is 11.6 Å². The van der Waals surface area contributed by atoms with Crippen molar-refractivity contribution in [2.45, 2.75) is 30.3 Å². The van der Waals surface area contributed by atoms with Crippen molar-refractivity contribution in [2.24, 2.45) is 0 Å². The molecule has 22 heavy (non-hydrogen) atoms. The second kappa shape index (κ2) is 5.73. The fourth-order valence-corrected chi connectivity index (χ4v) is 6.42. The lowest BCUT2D eigenvalue weighted by Gasteiger charge is -2.29. The van der Waals surface area contributed by atoms with E-state index in [1.807, 2.05) is 0 Å². The van der Waals surface area contributed by atoms with E-state index >= 15 is 0 Å². The number of rotatable bonds is 4. The van der Waals surface area contributed by atoms with Crippen LogP contribution in [-0.2, 0) is 0 Å². The summed E-state index contributed by atoms with van der Waals surface area (Å²) in [5, 5.41) is 0. The summed E-state index contributed by atoms with van der Waals surface area (Å²) in [5.41, 5.74) is 6.75. The fourth-order valence-electron chi connectivity index (χ4n) is 4.22. The standard InChI is InChI=1S/C21H22Si/c1-2-22-21(19-13-11-15-7-3-5-9-17(15)19)20-14-12-16-8-4-6-10-18(16)20/h3-14,19-21H,2,22H2,1H3. The van der Waals surface area contributed by atoms with Crippen molar-refractivity contribution >= 4 is 21.7 Å². The van der Waals surface area contributed by atoms with Crippen LogP contribution in [0.15, 0.2) is 60.7 Å². The SMILES string of the molecule is CC[SiH2]C(C1C=Cc2ccccc21)C1C=Cc2ccccc21. The molecule has 0 bridgehead atoms. The van der Waals surface area contributed by atoms with Crippen LogP contribution in [0.25, 0.3) is 12.2 Å². The largest absolute Gasteiger partial charge is 0.0764 e. The van der Waals surface area contributed by atoms with Gasteiger partial charge in [-0.2, -0.15) is 0 Å². The van der Waals surface area contributed by atoms with Gasteiger partial charge in [-0.05, 0) is 27.8 Å². The molecule has 2 aromatic carbocycles. The molecule has 0 amide bonds. The molecule has 0 saturated heterocycles. The van der Waals surface area contributed by atoms with Crippen molar-refractivity contribution in [3.05, 3.63) is 82.9 Å². The van der Waals surface area contributed by atoms with Crippen LogP contribution in [-0.4, -0.2) is 9.52 Å². The Hall–Kier alpha value is -1.86. The molecule has 0 fully saturated rings. The van der Waals surface area contributed by atoms with Crippen LogP contribution in [0.5, 0.6) is 0 Å². The van der Waals surface area contributed by atoms with E-state index in [0.717, 1.165) is 5.54 Å². The third-order valence-electron chi connectivity index (χ3n) is 5.22. The van der Waals surface area contributed by atoms with Gasteiger partial charge in [0, 0.05) is 21.4 Å². The number of benzene rings is 2. The molecule has 0 N–H and O–H groups in total. The fraction of sp³-hybridized carbons (Fsp3) is 0.238. The lowest BCUT2D eigenvalue weighted by molar-refractivity contribution is 0.675. The molecular formula is C21H22Si. The Morgan fingerprint density at radius 1 is 0.818 bits per heavy atom. The molecule has 0 nitrogen and oxygen atoms in total. The van der Waals surface area contributed by atoms with Gasteiger partial charge in [0.15, 0.2) is 0 Å². The van der Waals surface area contributed by atoms with Gasteiger partial charge in [0.1, 0.15) is 0 Å². The molecule has 0 aliphatic heterocycles. The predicted molar refractivity (Wildman–Crippen MR) is 99.2 cm³/mol. The molecule has 2 unspecified atom stereocenters. The number of hydrogen-bond acceptors (Lipinski definition) is 0. The van der Waals surface area contributed by atoms with Gasteiger partial charge in [0.25, 0.3) is 0 Å². The van der Waals surface area contributed by atoms with Crippen molar-refractivity contribution < 1.29 is 0 Å². The molecule has 1 heteroatoms. The summed E-state index contributed by atoms with van der Waals surface area (Å²) in [4.78, 5) is 0. The molecule has 110 valence electrons. The zero-order valence-electron chi connectivity index (χ0n) is 13.1. The van der Waals surface area contributed by atoms with Crippen molar-refractivity contribution in [3.63, 3.8) is 0 Å². The smallest absolute Gasteiger partial charge is 0.0252 e. The van der Waals surface area contributed by atoms with Crippen LogP contribution in [0.1, 0.15) is 41.0 Å². The van der Waals surface area contributed by atoms with Crippen LogP contribution in [0, 0.1) is 0 Å². The van der Waals surface area contributed by atoms with Crippen LogP contribution in [0.4, 0.5) is 0 Å². The van der Waals surface area contributed by atoms with Crippen LogP contribution >= 0.6 is 0 Å². The van der Waals surface area contributed by atoms with E-state index in [0.29, 0.717) is 11.8 Å². The molecular weight excluding hydrogens is 280 g/mol. The van der Waals surface area contributed by atoms with Crippen LogP contribution in [0.3, 0.4) is 0 Å². The van der Waals surface area contributed by atoms with Crippen molar-refractivity contribution in [1.82, 2.24) is 0 Å². The average Bonchev–Trinajstić information content (AvgIpc) is 3.17. The molecule has 0 saturated carbocycles. The second-order valence-electron chi connectivity index (χ2n) is 6.48. The first-order valence-corrected chi connectivity index (χ1v) is 10.2. The first-order chi connectivity index (χ1) is 10.9. The van der Waals surface area contributed by atoms with E-state index in [-0.39, 0.29) is 9.52 Å². The summed E-state index contributed by atoms with van der Waals surface area (Å²) in [6.07, 6.45) is 9.60. The lowest BCUT2D eigenvalue weighted by Crippen LogP contribution is -2.17. The number of allylic oxidation sites excluding steroid dienone is 2. The van der Waals surface area contributed by atoms with Gasteiger partial charge < -0.3 is 0 Å². The van der Waals surface area contributed by atoms with Gasteiger partial charge in [0.2, 0.25) is 0 Å². The van der Waals surface area contributed by atoms with Gasteiger partial charge in [-0.3, -0.25) is 0 Å². The summed E-state index contributed by atoms with van der Waals surface area (Å²) in [6, 6.07) is 19.3. The minimum atomic E-state index is -0.105. The Morgan fingerprint density at radius 2 is 1.32 bits per heavy atom. The Bertz CT molecular complexity index is 680. The first kappa shape index (κ1) is 13.8. The average molecular weight is 302 g/mol. The highest BCUT2D eigenvalue weighted by molar-refractivity contribution is 6.38. The monoisotopic (exact) mass is 302 g/mol. The summed E-state index contributed by atoms with van der Waals surface area (Å²) >= 11 is 0. The van der Waals surface area contributed by atoms with Gasteiger partial charge in [-0.25, -0.2) is 0 Å². The zero-order chi connectivity index (χ0) is 14.9. The Kier molecular flexibility index (Phi) is 3.59. The Labute approximate surface area is 135 Å². The summed E-state index contributed by atoms with van der Waals surface area (Å²) in [6.45, 7) is 2.37. The molecule has 0 heterocycles. The molecule has 2 aromatic rings. The molecule has 2 aliphatic rings. The first-order valence-electron chi connectivity index (χ1n) is 8.42. The van der Waals surface area contributed by atoms with Crippen molar-refractivity contribution in [1.29, 1.82) is 0 Å². The minimum absolute atomic E-state index is 0.105. The second-order valence-corrected chi connectivity index (χ2v) is 9.00. The number of fused-ring (bicyclic) bond motifs is 2. The van der Waals surface area contributed by atoms with Gasteiger partial charge >= 0.3 is 0 Å². The predicted octanol–water partition coefficient (Wildman–Crippen LogP) is 5.00. The van der Waals surface area contributed by atoms with E-state index in [2.05, 4.69) is 79.8 Å². The van der Waals surface area contributed by atoms with Gasteiger partial charge in [-0.1, -0.05) is 85.8 Å². The van der Waals surface area contributed by atoms with E-state index in [9.17, 15) is 0 Å². The van der Waals surface area contributed by atoms with Gasteiger partial charge in [-0.15, -0.1) is 0 Å². The topological polar surface area (TPSA) is 0 Å². The Balaban J connectivity index is 1.72. The highest BCUT2D eigenvalue weighted by Crippen LogP contribution is 2.49. The maximum atomic E-state index is 2.47. The molecule has 0 spiro atoms. The van der Waals surface area contributed by atoms with E-state index in [1.165, 1.54) is 17.2 Å². The third-order valence-corrected chi connectivity index (χ3v) is 7.48. The van der Waals surface area contributed by atoms with Crippen molar-refractivity contribution in [2.75, 3.05) is 0 Å². The highest BCUT2D eigenvalue weighted by Gasteiger charge is 2.33. The molecule has 2 aliphatic carbocycles. The van der Waals surface area contributed by atoms with Gasteiger partial charge in [0.05, 0.1) is 0 Å². The maximum Gasteiger partial charge on any atom is 0.0252 e. The normalized spacial score (nSPS) is 23.1. The molecule has 0 radical (unpaired) electrons. The van der Waals surface area contributed by atoms with E-state index < -0.39 is 0 Å². The van der Waals surface area contributed by atoms with Crippen molar-refractivity contribution in [3.8, 4) is 0 Å². The highest BCUT2D eigenvalue weighted by atomic mass is 28.2. The Morgan fingerprint density at radius 3 is 1.82 bits per heavy atom. The summed E-state index contributed by atoms with van der Waals surface area (Å²) in [5.74, 6) is 1.23. The van der Waals surface area contributed by atoms with E-state index in [1.54, 1.807) is 11.1 Å². The molecule has 2 atom stereocenters.